The van der Waals surface area contributed by atoms with Gasteiger partial charge in [-0.25, -0.2) is 0 Å². The van der Waals surface area contributed by atoms with Gasteiger partial charge in [0.2, 0.25) is 5.91 Å². The highest BCUT2D eigenvalue weighted by Gasteiger charge is 2.27. The Bertz CT molecular complexity index is 194. The molecule has 14 heavy (non-hydrogen) atoms. The number of hydrogen-bond donors (Lipinski definition) is 1. The van der Waals surface area contributed by atoms with E-state index in [1.54, 1.807) is 0 Å². The highest BCUT2D eigenvalue weighted by atomic mass is 16.2. The van der Waals surface area contributed by atoms with Crippen LogP contribution in [0.15, 0.2) is 0 Å². The number of carbonyl (C=O) groups is 1. The van der Waals surface area contributed by atoms with Crippen LogP contribution in [0.2, 0.25) is 0 Å². The van der Waals surface area contributed by atoms with E-state index in [4.69, 9.17) is 0 Å². The lowest BCUT2D eigenvalue weighted by Gasteiger charge is -2.23. The molecular formula is C11H22N2O. The van der Waals surface area contributed by atoms with Gasteiger partial charge in [-0.2, -0.15) is 0 Å². The molecule has 1 fully saturated rings. The van der Waals surface area contributed by atoms with E-state index < -0.39 is 0 Å². The summed E-state index contributed by atoms with van der Waals surface area (Å²) in [5.74, 6) is 0.871. The van der Waals surface area contributed by atoms with Gasteiger partial charge in [-0.1, -0.05) is 20.3 Å². The third-order valence-corrected chi connectivity index (χ3v) is 2.89. The number of amides is 1. The molecule has 1 rings (SSSR count). The summed E-state index contributed by atoms with van der Waals surface area (Å²) >= 11 is 0. The van der Waals surface area contributed by atoms with Crippen LogP contribution in [-0.4, -0.2) is 37.0 Å². The Kier molecular flexibility index (Phi) is 4.39. The van der Waals surface area contributed by atoms with E-state index in [0.29, 0.717) is 17.9 Å². The largest absolute Gasteiger partial charge is 0.341 e. The molecule has 0 aromatic carbocycles. The smallest absolute Gasteiger partial charge is 0.222 e. The molecule has 0 aliphatic carbocycles. The van der Waals surface area contributed by atoms with Crippen LogP contribution in [0.4, 0.5) is 0 Å². The van der Waals surface area contributed by atoms with Crippen LogP contribution < -0.4 is 5.32 Å². The molecule has 3 heteroatoms. The third-order valence-electron chi connectivity index (χ3n) is 2.89. The minimum Gasteiger partial charge on any atom is -0.341 e. The van der Waals surface area contributed by atoms with Crippen molar-refractivity contribution in [3.63, 3.8) is 0 Å². The zero-order valence-corrected chi connectivity index (χ0v) is 9.55. The summed E-state index contributed by atoms with van der Waals surface area (Å²) in [5.41, 5.74) is 0. The highest BCUT2D eigenvalue weighted by molar-refractivity contribution is 5.78. The zero-order chi connectivity index (χ0) is 10.6. The van der Waals surface area contributed by atoms with Crippen LogP contribution in [0.3, 0.4) is 0 Å². The van der Waals surface area contributed by atoms with Gasteiger partial charge >= 0.3 is 0 Å². The van der Waals surface area contributed by atoms with Crippen molar-refractivity contribution in [3.8, 4) is 0 Å². The SMILES string of the molecule is CCCC(CN1CC(C)CC1=O)NC. The van der Waals surface area contributed by atoms with Gasteiger partial charge < -0.3 is 10.2 Å². The highest BCUT2D eigenvalue weighted by Crippen LogP contribution is 2.17. The maximum Gasteiger partial charge on any atom is 0.222 e. The molecule has 0 aromatic rings. The van der Waals surface area contributed by atoms with Gasteiger partial charge in [-0.15, -0.1) is 0 Å². The van der Waals surface area contributed by atoms with Crippen molar-refractivity contribution < 1.29 is 4.79 Å². The number of nitrogens with zero attached hydrogens (tertiary/aromatic N) is 1. The first-order valence-corrected chi connectivity index (χ1v) is 5.62. The average molecular weight is 198 g/mol. The summed E-state index contributed by atoms with van der Waals surface area (Å²) < 4.78 is 0. The summed E-state index contributed by atoms with van der Waals surface area (Å²) in [6.45, 7) is 6.15. The molecule has 2 atom stereocenters. The molecule has 0 radical (unpaired) electrons. The standard InChI is InChI=1S/C11H22N2O/c1-4-5-10(12-3)8-13-7-9(2)6-11(13)14/h9-10,12H,4-8H2,1-3H3. The van der Waals surface area contributed by atoms with Crippen molar-refractivity contribution in [1.82, 2.24) is 10.2 Å². The molecule has 1 N–H and O–H groups in total. The van der Waals surface area contributed by atoms with Crippen molar-refractivity contribution in [2.24, 2.45) is 5.92 Å². The van der Waals surface area contributed by atoms with Gasteiger partial charge in [0, 0.05) is 25.6 Å². The van der Waals surface area contributed by atoms with Gasteiger partial charge in [-0.3, -0.25) is 4.79 Å². The van der Waals surface area contributed by atoms with E-state index in [0.717, 1.165) is 25.9 Å². The first kappa shape index (κ1) is 11.5. The second-order valence-electron chi connectivity index (χ2n) is 4.38. The van der Waals surface area contributed by atoms with Gasteiger partial charge in [0.05, 0.1) is 0 Å². The fourth-order valence-electron chi connectivity index (χ4n) is 2.09. The molecule has 1 saturated heterocycles. The molecular weight excluding hydrogens is 176 g/mol. The van der Waals surface area contributed by atoms with E-state index in [1.165, 1.54) is 6.42 Å². The number of rotatable bonds is 5. The zero-order valence-electron chi connectivity index (χ0n) is 9.55. The predicted octanol–water partition coefficient (Wildman–Crippen LogP) is 1.24. The maximum atomic E-state index is 11.5. The molecule has 1 heterocycles. The Balaban J connectivity index is 2.38. The number of nitrogens with one attached hydrogen (secondary N) is 1. The van der Waals surface area contributed by atoms with Gasteiger partial charge in [0.1, 0.15) is 0 Å². The average Bonchev–Trinajstić information content (AvgIpc) is 2.44. The Hall–Kier alpha value is -0.570. The molecule has 1 aliphatic rings. The van der Waals surface area contributed by atoms with Crippen LogP contribution >= 0.6 is 0 Å². The molecule has 1 aliphatic heterocycles. The van der Waals surface area contributed by atoms with Crippen molar-refractivity contribution in [3.05, 3.63) is 0 Å². The molecule has 0 saturated carbocycles. The second-order valence-corrected chi connectivity index (χ2v) is 4.38. The van der Waals surface area contributed by atoms with Crippen LogP contribution in [0, 0.1) is 5.92 Å². The number of likely N-dealkylation sites (tertiary alicyclic amines) is 1. The van der Waals surface area contributed by atoms with E-state index in [2.05, 4.69) is 19.2 Å². The molecule has 1 amide bonds. The Morgan fingerprint density at radius 2 is 2.36 bits per heavy atom. The van der Waals surface area contributed by atoms with Gasteiger partial charge in [-0.05, 0) is 19.4 Å². The predicted molar refractivity (Wildman–Crippen MR) is 58.1 cm³/mol. The fourth-order valence-corrected chi connectivity index (χ4v) is 2.09. The van der Waals surface area contributed by atoms with Crippen LogP contribution in [0.25, 0.3) is 0 Å². The first-order chi connectivity index (χ1) is 6.67. The van der Waals surface area contributed by atoms with E-state index in [-0.39, 0.29) is 0 Å². The maximum absolute atomic E-state index is 11.5. The number of hydrogen-bond acceptors (Lipinski definition) is 2. The van der Waals surface area contributed by atoms with Crippen molar-refractivity contribution in [2.45, 2.75) is 39.2 Å². The molecule has 0 aromatic heterocycles. The molecule has 0 spiro atoms. The summed E-state index contributed by atoms with van der Waals surface area (Å²) in [6.07, 6.45) is 3.06. The normalized spacial score (nSPS) is 24.4. The summed E-state index contributed by atoms with van der Waals surface area (Å²) in [5, 5.41) is 3.27. The van der Waals surface area contributed by atoms with E-state index >= 15 is 0 Å². The van der Waals surface area contributed by atoms with Gasteiger partial charge in [0.15, 0.2) is 0 Å². The quantitative estimate of drug-likeness (QED) is 0.721. The van der Waals surface area contributed by atoms with Crippen molar-refractivity contribution in [1.29, 1.82) is 0 Å². The summed E-state index contributed by atoms with van der Waals surface area (Å²) in [4.78, 5) is 13.5. The van der Waals surface area contributed by atoms with E-state index in [1.807, 2.05) is 11.9 Å². The van der Waals surface area contributed by atoms with Crippen molar-refractivity contribution in [2.75, 3.05) is 20.1 Å². The summed E-state index contributed by atoms with van der Waals surface area (Å²) in [7, 11) is 1.98. The van der Waals surface area contributed by atoms with E-state index in [9.17, 15) is 4.79 Å². The summed E-state index contributed by atoms with van der Waals surface area (Å²) in [6, 6.07) is 0.467. The number of likely N-dealkylation sites (N-methyl/N-ethyl adjacent to an activating group) is 1. The van der Waals surface area contributed by atoms with Gasteiger partial charge in [0.25, 0.3) is 0 Å². The molecule has 82 valence electrons. The molecule has 3 nitrogen and oxygen atoms in total. The number of carbonyl (C=O) groups excluding carboxylic acids is 1. The Labute approximate surface area is 86.9 Å². The van der Waals surface area contributed by atoms with Crippen LogP contribution in [0.1, 0.15) is 33.1 Å². The Morgan fingerprint density at radius 3 is 2.79 bits per heavy atom. The van der Waals surface area contributed by atoms with Crippen molar-refractivity contribution >= 4 is 5.91 Å². The minimum atomic E-state index is 0.328. The fraction of sp³-hybridized carbons (Fsp3) is 0.909. The third kappa shape index (κ3) is 2.98. The first-order valence-electron chi connectivity index (χ1n) is 5.62. The second kappa shape index (κ2) is 5.35. The molecule has 0 bridgehead atoms. The van der Waals surface area contributed by atoms with Crippen LogP contribution in [-0.2, 0) is 4.79 Å². The lowest BCUT2D eigenvalue weighted by molar-refractivity contribution is -0.128. The minimum absolute atomic E-state index is 0.328. The lowest BCUT2D eigenvalue weighted by atomic mass is 10.1. The topological polar surface area (TPSA) is 32.3 Å². The van der Waals surface area contributed by atoms with Crippen LogP contribution in [0.5, 0.6) is 0 Å². The Morgan fingerprint density at radius 1 is 1.64 bits per heavy atom. The molecule has 2 unspecified atom stereocenters. The monoisotopic (exact) mass is 198 g/mol. The lowest BCUT2D eigenvalue weighted by Crippen LogP contribution is -2.40.